The van der Waals surface area contributed by atoms with Gasteiger partial charge in [0.15, 0.2) is 0 Å². The molecule has 0 spiro atoms. The van der Waals surface area contributed by atoms with Crippen LogP contribution in [0.1, 0.15) is 38.5 Å². The van der Waals surface area contributed by atoms with Crippen LogP contribution in [0.4, 0.5) is 0 Å². The molecule has 3 heteroatoms. The average molecular weight is 249 g/mol. The lowest BCUT2D eigenvalue weighted by Gasteiger charge is -2.15. The Bertz CT molecular complexity index is 361. The highest BCUT2D eigenvalue weighted by atomic mass is 16.3. The Balaban J connectivity index is 1.31. The summed E-state index contributed by atoms with van der Waals surface area (Å²) in [7, 11) is 0. The van der Waals surface area contributed by atoms with E-state index in [9.17, 15) is 4.79 Å². The van der Waals surface area contributed by atoms with Crippen molar-refractivity contribution in [2.24, 2.45) is 35.0 Å². The monoisotopic (exact) mass is 249 g/mol. The number of carbonyl (C=O) groups is 1. The number of rotatable bonds is 5. The molecule has 3 nitrogen and oxygen atoms in total. The zero-order chi connectivity index (χ0) is 12.3. The molecule has 0 heterocycles. The molecule has 0 aromatic rings. The summed E-state index contributed by atoms with van der Waals surface area (Å²) in [6, 6.07) is 0. The van der Waals surface area contributed by atoms with E-state index in [0.29, 0.717) is 11.8 Å². The third kappa shape index (κ3) is 1.56. The van der Waals surface area contributed by atoms with Crippen molar-refractivity contribution in [3.05, 3.63) is 0 Å². The van der Waals surface area contributed by atoms with E-state index in [1.165, 1.54) is 32.1 Å². The van der Waals surface area contributed by atoms with Crippen molar-refractivity contribution in [2.75, 3.05) is 13.2 Å². The van der Waals surface area contributed by atoms with E-state index in [4.69, 9.17) is 5.11 Å². The van der Waals surface area contributed by atoms with Crippen LogP contribution in [-0.2, 0) is 4.79 Å². The van der Waals surface area contributed by atoms with Crippen molar-refractivity contribution in [2.45, 2.75) is 38.5 Å². The molecule has 1 amide bonds. The van der Waals surface area contributed by atoms with E-state index >= 15 is 0 Å². The van der Waals surface area contributed by atoms with Gasteiger partial charge >= 0.3 is 0 Å². The van der Waals surface area contributed by atoms with Crippen LogP contribution in [0.15, 0.2) is 0 Å². The maximum atomic E-state index is 12.2. The molecule has 2 N–H and O–H groups in total. The Kier molecular flexibility index (Phi) is 2.33. The van der Waals surface area contributed by atoms with Gasteiger partial charge in [-0.15, -0.1) is 0 Å². The minimum absolute atomic E-state index is 0.257. The fourth-order valence-corrected chi connectivity index (χ4v) is 5.00. The molecule has 4 atom stereocenters. The molecule has 0 radical (unpaired) electrons. The van der Waals surface area contributed by atoms with Gasteiger partial charge in [-0.3, -0.25) is 4.79 Å². The Morgan fingerprint density at radius 1 is 1.22 bits per heavy atom. The molecule has 0 aliphatic heterocycles. The highest BCUT2D eigenvalue weighted by Gasteiger charge is 2.67. The van der Waals surface area contributed by atoms with Crippen LogP contribution in [0.5, 0.6) is 0 Å². The minimum Gasteiger partial charge on any atom is -0.396 e. The Hall–Kier alpha value is -0.570. The zero-order valence-corrected chi connectivity index (χ0v) is 10.9. The molecule has 0 saturated heterocycles. The van der Waals surface area contributed by atoms with Gasteiger partial charge in [-0.2, -0.15) is 0 Å². The molecule has 18 heavy (non-hydrogen) atoms. The largest absolute Gasteiger partial charge is 0.396 e. The first-order valence-electron chi connectivity index (χ1n) is 7.63. The zero-order valence-electron chi connectivity index (χ0n) is 10.9. The van der Waals surface area contributed by atoms with Crippen LogP contribution in [0, 0.1) is 35.0 Å². The second-order valence-electron chi connectivity index (χ2n) is 7.21. The summed E-state index contributed by atoms with van der Waals surface area (Å²) in [4.78, 5) is 12.2. The average Bonchev–Trinajstić information content (AvgIpc) is 3.24. The number of carbonyl (C=O) groups excluding carboxylic acids is 1. The van der Waals surface area contributed by atoms with Crippen LogP contribution in [-0.4, -0.2) is 24.2 Å². The topological polar surface area (TPSA) is 49.3 Å². The molecular weight excluding hydrogens is 226 g/mol. The van der Waals surface area contributed by atoms with Gasteiger partial charge in [0.2, 0.25) is 5.91 Å². The van der Waals surface area contributed by atoms with E-state index < -0.39 is 0 Å². The van der Waals surface area contributed by atoms with Crippen LogP contribution < -0.4 is 5.32 Å². The van der Waals surface area contributed by atoms with Crippen LogP contribution in [0.3, 0.4) is 0 Å². The number of aliphatic hydroxyl groups is 1. The van der Waals surface area contributed by atoms with Crippen molar-refractivity contribution >= 4 is 5.91 Å². The van der Waals surface area contributed by atoms with Crippen LogP contribution in [0.25, 0.3) is 0 Å². The summed E-state index contributed by atoms with van der Waals surface area (Å²) in [5.74, 6) is 3.94. The molecule has 4 fully saturated rings. The molecule has 2 bridgehead atoms. The number of nitrogens with one attached hydrogen (secondary N) is 1. The molecule has 4 saturated carbocycles. The van der Waals surface area contributed by atoms with Crippen molar-refractivity contribution in [1.29, 1.82) is 0 Å². The van der Waals surface area contributed by atoms with Crippen molar-refractivity contribution in [3.63, 3.8) is 0 Å². The first-order chi connectivity index (χ1) is 8.74. The summed E-state index contributed by atoms with van der Waals surface area (Å²) < 4.78 is 0. The molecule has 4 unspecified atom stereocenters. The van der Waals surface area contributed by atoms with Crippen molar-refractivity contribution in [1.82, 2.24) is 5.32 Å². The van der Waals surface area contributed by atoms with E-state index in [0.717, 1.165) is 36.6 Å². The lowest BCUT2D eigenvalue weighted by Crippen LogP contribution is -2.33. The maximum absolute atomic E-state index is 12.2. The molecule has 100 valence electrons. The second-order valence-corrected chi connectivity index (χ2v) is 7.21. The van der Waals surface area contributed by atoms with Gasteiger partial charge in [-0.25, -0.2) is 0 Å². The van der Waals surface area contributed by atoms with E-state index in [2.05, 4.69) is 5.32 Å². The van der Waals surface area contributed by atoms with Gasteiger partial charge in [-0.05, 0) is 67.6 Å². The number of hydrogen-bond donors (Lipinski definition) is 2. The Labute approximate surface area is 108 Å². The van der Waals surface area contributed by atoms with Gasteiger partial charge < -0.3 is 10.4 Å². The summed E-state index contributed by atoms with van der Waals surface area (Å²) in [6.07, 6.45) is 7.38. The molecule has 0 aromatic carbocycles. The van der Waals surface area contributed by atoms with Gasteiger partial charge in [0, 0.05) is 19.1 Å². The lowest BCUT2D eigenvalue weighted by molar-refractivity contribution is -0.123. The highest BCUT2D eigenvalue weighted by molar-refractivity contribution is 5.82. The van der Waals surface area contributed by atoms with Gasteiger partial charge in [-0.1, -0.05) is 0 Å². The summed E-state index contributed by atoms with van der Waals surface area (Å²) in [6.45, 7) is 1.06. The van der Waals surface area contributed by atoms with Crippen molar-refractivity contribution in [3.8, 4) is 0 Å². The number of hydrogen-bond acceptors (Lipinski definition) is 2. The van der Waals surface area contributed by atoms with Gasteiger partial charge in [0.05, 0.1) is 0 Å². The third-order valence-corrected chi connectivity index (χ3v) is 6.27. The highest BCUT2D eigenvalue weighted by Crippen LogP contribution is 2.69. The molecule has 0 aromatic heterocycles. The number of aliphatic hydroxyl groups excluding tert-OH is 1. The summed E-state index contributed by atoms with van der Waals surface area (Å²) >= 11 is 0. The van der Waals surface area contributed by atoms with E-state index in [1.54, 1.807) is 0 Å². The van der Waals surface area contributed by atoms with Crippen LogP contribution in [0.2, 0.25) is 0 Å². The maximum Gasteiger partial charge on any atom is 0.223 e. The number of amides is 1. The SMILES string of the molecule is O=C(NCC1(CCO)CC1)C1C2C3CCC(C3)C12. The number of fused-ring (bicyclic) bond motifs is 5. The molecule has 4 rings (SSSR count). The minimum atomic E-state index is 0.257. The fraction of sp³-hybridized carbons (Fsp3) is 0.933. The second kappa shape index (κ2) is 3.72. The Morgan fingerprint density at radius 3 is 2.44 bits per heavy atom. The normalized spacial score (nSPS) is 45.7. The molecular formula is C15H23NO2. The predicted octanol–water partition coefficient (Wildman–Crippen LogP) is 1.56. The van der Waals surface area contributed by atoms with E-state index in [1.807, 2.05) is 0 Å². The standard InChI is InChI=1S/C15H23NO2/c17-6-5-15(3-4-15)8-16-14(18)13-11-9-1-2-10(7-9)12(11)13/h9-13,17H,1-8H2,(H,16,18). The summed E-state index contributed by atoms with van der Waals surface area (Å²) in [5, 5.41) is 12.2. The fourth-order valence-electron chi connectivity index (χ4n) is 5.00. The molecule has 4 aliphatic carbocycles. The lowest BCUT2D eigenvalue weighted by atomic mass is 10.0. The van der Waals surface area contributed by atoms with Gasteiger partial charge in [0.25, 0.3) is 0 Å². The quantitative estimate of drug-likeness (QED) is 0.777. The van der Waals surface area contributed by atoms with Crippen molar-refractivity contribution < 1.29 is 9.90 Å². The molecule has 4 aliphatic rings. The summed E-state index contributed by atoms with van der Waals surface area (Å²) in [5.41, 5.74) is 0.257. The Morgan fingerprint density at radius 2 is 1.89 bits per heavy atom. The first kappa shape index (κ1) is 11.3. The van der Waals surface area contributed by atoms with E-state index in [-0.39, 0.29) is 12.0 Å². The first-order valence-corrected chi connectivity index (χ1v) is 7.63. The van der Waals surface area contributed by atoms with Crippen LogP contribution >= 0.6 is 0 Å². The third-order valence-electron chi connectivity index (χ3n) is 6.27. The van der Waals surface area contributed by atoms with Gasteiger partial charge in [0.1, 0.15) is 0 Å². The predicted molar refractivity (Wildman–Crippen MR) is 67.7 cm³/mol. The smallest absolute Gasteiger partial charge is 0.223 e.